The number of carbonyl (C=O) groups is 3. The normalized spacial score (nSPS) is 21.9. The monoisotopic (exact) mass is 364 g/mol. The van der Waals surface area contributed by atoms with Gasteiger partial charge in [0.25, 0.3) is 5.91 Å². The van der Waals surface area contributed by atoms with Crippen LogP contribution in [0.5, 0.6) is 0 Å². The summed E-state index contributed by atoms with van der Waals surface area (Å²) in [6.07, 6.45) is 0. The van der Waals surface area contributed by atoms with E-state index in [2.05, 4.69) is 17.3 Å². The number of carbonyl (C=O) groups excluding carboxylic acids is 3. The van der Waals surface area contributed by atoms with Gasteiger partial charge in [0, 0.05) is 23.8 Å². The van der Waals surface area contributed by atoms with Crippen LogP contribution in [-0.4, -0.2) is 49.2 Å². The van der Waals surface area contributed by atoms with Gasteiger partial charge in [0.05, 0.1) is 18.9 Å². The minimum atomic E-state index is -1.21. The number of benzene rings is 1. The molecule has 2 fully saturated rings. The van der Waals surface area contributed by atoms with Crippen LogP contribution in [-0.2, 0) is 14.3 Å². The van der Waals surface area contributed by atoms with E-state index in [4.69, 9.17) is 16.3 Å². The van der Waals surface area contributed by atoms with Crippen molar-refractivity contribution in [2.24, 2.45) is 5.92 Å². The molecule has 8 nitrogen and oxygen atoms in total. The van der Waals surface area contributed by atoms with E-state index in [0.717, 1.165) is 4.90 Å². The van der Waals surface area contributed by atoms with Gasteiger partial charge in [0.1, 0.15) is 0 Å². The number of rotatable bonds is 4. The molecule has 0 aromatic heterocycles. The van der Waals surface area contributed by atoms with Crippen LogP contribution in [0.1, 0.15) is 0 Å². The van der Waals surface area contributed by atoms with Crippen molar-refractivity contribution < 1.29 is 19.1 Å². The van der Waals surface area contributed by atoms with Crippen LogP contribution in [0.25, 0.3) is 0 Å². The zero-order valence-corrected chi connectivity index (χ0v) is 14.1. The summed E-state index contributed by atoms with van der Waals surface area (Å²) in [5.74, 6) is -2.58. The van der Waals surface area contributed by atoms with Crippen LogP contribution < -0.4 is 15.6 Å². The van der Waals surface area contributed by atoms with Gasteiger partial charge in [-0.3, -0.25) is 14.9 Å². The molecule has 0 spiro atoms. The highest BCUT2D eigenvalue weighted by Crippen LogP contribution is 2.24. The number of hydrogen-bond donors (Lipinski definition) is 2. The van der Waals surface area contributed by atoms with Crippen molar-refractivity contribution in [3.63, 3.8) is 0 Å². The predicted molar refractivity (Wildman–Crippen MR) is 90.6 cm³/mol. The lowest BCUT2D eigenvalue weighted by molar-refractivity contribution is -0.133. The van der Waals surface area contributed by atoms with Crippen LogP contribution in [0.3, 0.4) is 0 Å². The Balaban J connectivity index is 1.79. The van der Waals surface area contributed by atoms with Crippen molar-refractivity contribution in [3.8, 4) is 0 Å². The highest BCUT2D eigenvalue weighted by molar-refractivity contribution is 6.31. The molecule has 25 heavy (non-hydrogen) atoms. The molecule has 0 saturated carbocycles. The minimum Gasteiger partial charge on any atom is -0.379 e. The summed E-state index contributed by atoms with van der Waals surface area (Å²) in [7, 11) is 0. The molecule has 4 amide bonds. The van der Waals surface area contributed by atoms with Crippen LogP contribution in [0.15, 0.2) is 36.5 Å². The number of urea groups is 1. The van der Waals surface area contributed by atoms with Gasteiger partial charge in [-0.25, -0.2) is 14.7 Å². The fraction of sp³-hybridized carbons (Fsp3) is 0.312. The topological polar surface area (TPSA) is 91.0 Å². The quantitative estimate of drug-likeness (QED) is 0.771. The number of halogens is 1. The molecule has 2 heterocycles. The Bertz CT molecular complexity index is 715. The number of barbiturate groups is 1. The summed E-state index contributed by atoms with van der Waals surface area (Å²) in [4.78, 5) is 38.0. The lowest BCUT2D eigenvalue weighted by Gasteiger charge is -2.34. The van der Waals surface area contributed by atoms with Crippen molar-refractivity contribution in [2.45, 2.75) is 0 Å². The van der Waals surface area contributed by atoms with Crippen molar-refractivity contribution in [1.29, 1.82) is 0 Å². The highest BCUT2D eigenvalue weighted by Gasteiger charge is 2.43. The zero-order valence-electron chi connectivity index (χ0n) is 13.3. The molecule has 0 aliphatic carbocycles. The Hall–Kier alpha value is -2.42. The molecule has 9 heteroatoms. The van der Waals surface area contributed by atoms with Gasteiger partial charge in [0.2, 0.25) is 5.91 Å². The van der Waals surface area contributed by atoms with E-state index >= 15 is 0 Å². The van der Waals surface area contributed by atoms with E-state index in [-0.39, 0.29) is 5.70 Å². The third-order valence-electron chi connectivity index (χ3n) is 3.91. The molecular weight excluding hydrogens is 348 g/mol. The van der Waals surface area contributed by atoms with E-state index in [0.29, 0.717) is 37.0 Å². The summed E-state index contributed by atoms with van der Waals surface area (Å²) < 4.78 is 5.25. The molecule has 2 N–H and O–H groups in total. The zero-order chi connectivity index (χ0) is 18.0. The van der Waals surface area contributed by atoms with Crippen molar-refractivity contribution in [2.75, 3.05) is 31.2 Å². The fourth-order valence-electron chi connectivity index (χ4n) is 2.66. The Morgan fingerprint density at radius 1 is 1.20 bits per heavy atom. The van der Waals surface area contributed by atoms with Crippen LogP contribution >= 0.6 is 11.6 Å². The molecule has 1 atom stereocenters. The van der Waals surface area contributed by atoms with Crippen molar-refractivity contribution >= 4 is 35.1 Å². The molecule has 3 rings (SSSR count). The molecule has 132 valence electrons. The predicted octanol–water partition coefficient (Wildman–Crippen LogP) is 0.889. The molecule has 2 saturated heterocycles. The average molecular weight is 365 g/mol. The number of amides is 4. The second-order valence-corrected chi connectivity index (χ2v) is 6.05. The maximum atomic E-state index is 12.8. The van der Waals surface area contributed by atoms with Gasteiger partial charge >= 0.3 is 6.03 Å². The smallest absolute Gasteiger partial charge is 0.335 e. The van der Waals surface area contributed by atoms with Gasteiger partial charge in [-0.05, 0) is 24.3 Å². The van der Waals surface area contributed by atoms with E-state index in [1.54, 1.807) is 12.1 Å². The number of nitrogens with one attached hydrogen (secondary N) is 2. The van der Waals surface area contributed by atoms with Gasteiger partial charge in [-0.1, -0.05) is 18.2 Å². The molecular formula is C16H17ClN4O4. The number of ether oxygens (including phenoxy) is 1. The third-order valence-corrected chi connectivity index (χ3v) is 4.16. The standard InChI is InChI=1S/C16H17ClN4O4/c1-10(19-20-6-8-25-9-7-20)13-14(22)18-16(24)21(15(13)23)12-4-2-11(17)3-5-12/h2-5,13,19H,1,6-9H2,(H,18,22,24)/t13-/m1/s1. The number of nitrogens with zero attached hydrogens (tertiary/aromatic N) is 2. The second-order valence-electron chi connectivity index (χ2n) is 5.61. The number of morpholine rings is 1. The maximum absolute atomic E-state index is 12.8. The maximum Gasteiger partial charge on any atom is 0.335 e. The molecule has 1 aromatic carbocycles. The number of hydrogen-bond acceptors (Lipinski definition) is 6. The Morgan fingerprint density at radius 3 is 2.48 bits per heavy atom. The first kappa shape index (κ1) is 17.4. The van der Waals surface area contributed by atoms with Crippen LogP contribution in [0, 0.1) is 5.92 Å². The first-order valence-electron chi connectivity index (χ1n) is 7.70. The fourth-order valence-corrected chi connectivity index (χ4v) is 2.79. The van der Waals surface area contributed by atoms with Gasteiger partial charge < -0.3 is 10.2 Å². The SMILES string of the molecule is C=C(NN1CCOCC1)[C@@H]1C(=O)NC(=O)N(c2ccc(Cl)cc2)C1=O. The lowest BCUT2D eigenvalue weighted by Crippen LogP contribution is -2.60. The molecule has 0 unspecified atom stereocenters. The summed E-state index contributed by atoms with van der Waals surface area (Å²) in [5, 5.41) is 4.48. The lowest BCUT2D eigenvalue weighted by atomic mass is 10.0. The number of hydrazine groups is 1. The summed E-state index contributed by atoms with van der Waals surface area (Å²) >= 11 is 5.84. The second kappa shape index (κ2) is 7.22. The summed E-state index contributed by atoms with van der Waals surface area (Å²) in [5.41, 5.74) is 3.49. The molecule has 0 radical (unpaired) electrons. The first-order valence-corrected chi connectivity index (χ1v) is 8.07. The Labute approximate surface area is 149 Å². The average Bonchev–Trinajstić information content (AvgIpc) is 2.57. The first-order chi connectivity index (χ1) is 12.0. The Morgan fingerprint density at radius 2 is 1.84 bits per heavy atom. The highest BCUT2D eigenvalue weighted by atomic mass is 35.5. The molecule has 2 aliphatic rings. The van der Waals surface area contributed by atoms with Gasteiger partial charge in [0.15, 0.2) is 5.92 Å². The molecule has 1 aromatic rings. The van der Waals surface area contributed by atoms with Gasteiger partial charge in [-0.15, -0.1) is 0 Å². The molecule has 0 bridgehead atoms. The number of anilines is 1. The van der Waals surface area contributed by atoms with E-state index < -0.39 is 23.8 Å². The van der Waals surface area contributed by atoms with Gasteiger partial charge in [-0.2, -0.15) is 0 Å². The Kier molecular flexibility index (Phi) is 5.03. The van der Waals surface area contributed by atoms with E-state index in [9.17, 15) is 14.4 Å². The van der Waals surface area contributed by atoms with Crippen molar-refractivity contribution in [3.05, 3.63) is 41.6 Å². The van der Waals surface area contributed by atoms with Crippen LogP contribution in [0.2, 0.25) is 5.02 Å². The number of imide groups is 2. The van der Waals surface area contributed by atoms with E-state index in [1.807, 2.05) is 5.01 Å². The van der Waals surface area contributed by atoms with Crippen molar-refractivity contribution in [1.82, 2.24) is 15.8 Å². The summed E-state index contributed by atoms with van der Waals surface area (Å²) in [6.45, 7) is 6.09. The third kappa shape index (κ3) is 3.65. The van der Waals surface area contributed by atoms with Crippen LogP contribution in [0.4, 0.5) is 10.5 Å². The van der Waals surface area contributed by atoms with E-state index in [1.165, 1.54) is 12.1 Å². The summed E-state index contributed by atoms with van der Waals surface area (Å²) in [6, 6.07) is 5.39. The largest absolute Gasteiger partial charge is 0.379 e. The molecule has 2 aliphatic heterocycles. The minimum absolute atomic E-state index is 0.205.